The van der Waals surface area contributed by atoms with Gasteiger partial charge in [0.2, 0.25) is 11.8 Å². The van der Waals surface area contributed by atoms with Crippen molar-refractivity contribution in [2.45, 2.75) is 25.6 Å². The number of nitrogens with zero attached hydrogens (tertiary/aromatic N) is 1. The molecular formula is C16H23N3O3. The zero-order valence-electron chi connectivity index (χ0n) is 13.0. The maximum Gasteiger partial charge on any atom is 0.249 e. The third kappa shape index (κ3) is 4.29. The molecule has 6 heteroatoms. The molecule has 1 aliphatic rings. The minimum Gasteiger partial charge on any atom is -0.369 e. The van der Waals surface area contributed by atoms with Crippen molar-refractivity contribution in [3.63, 3.8) is 0 Å². The third-order valence-electron chi connectivity index (χ3n) is 3.77. The van der Waals surface area contributed by atoms with Gasteiger partial charge in [-0.1, -0.05) is 30.3 Å². The Morgan fingerprint density at radius 3 is 2.82 bits per heavy atom. The fourth-order valence-corrected chi connectivity index (χ4v) is 2.27. The van der Waals surface area contributed by atoms with Crippen LogP contribution in [0.3, 0.4) is 0 Å². The molecule has 2 rings (SSSR count). The van der Waals surface area contributed by atoms with Gasteiger partial charge >= 0.3 is 0 Å². The summed E-state index contributed by atoms with van der Waals surface area (Å²) >= 11 is 0. The van der Waals surface area contributed by atoms with Crippen LogP contribution in [0.4, 0.5) is 0 Å². The first-order valence-electron chi connectivity index (χ1n) is 7.48. The van der Waals surface area contributed by atoms with Crippen LogP contribution in [0, 0.1) is 0 Å². The number of carbonyl (C=O) groups excluding carboxylic acids is 2. The van der Waals surface area contributed by atoms with E-state index in [0.29, 0.717) is 13.1 Å². The van der Waals surface area contributed by atoms with Crippen LogP contribution in [0.15, 0.2) is 30.3 Å². The number of rotatable bonds is 6. The molecule has 1 unspecified atom stereocenters. The predicted octanol–water partition coefficient (Wildman–Crippen LogP) is 0.138. The Labute approximate surface area is 130 Å². The summed E-state index contributed by atoms with van der Waals surface area (Å²) in [6.45, 7) is 3.17. The monoisotopic (exact) mass is 305 g/mol. The lowest BCUT2D eigenvalue weighted by Gasteiger charge is -2.34. The van der Waals surface area contributed by atoms with Crippen molar-refractivity contribution in [3.8, 4) is 0 Å². The SMILES string of the molecule is CNC(C)CNC(=O)[C@H]1COCC(=O)N1Cc1ccccc1. The Bertz CT molecular complexity index is 507. The van der Waals surface area contributed by atoms with Crippen LogP contribution in [0.5, 0.6) is 0 Å². The van der Waals surface area contributed by atoms with Crippen LogP contribution >= 0.6 is 0 Å². The number of ether oxygens (including phenoxy) is 1. The molecule has 1 fully saturated rings. The van der Waals surface area contributed by atoms with Crippen molar-refractivity contribution >= 4 is 11.8 Å². The fraction of sp³-hybridized carbons (Fsp3) is 0.500. The Morgan fingerprint density at radius 2 is 2.14 bits per heavy atom. The number of amides is 2. The first-order valence-corrected chi connectivity index (χ1v) is 7.48. The minimum absolute atomic E-state index is 0.0313. The molecule has 0 radical (unpaired) electrons. The molecule has 0 spiro atoms. The number of hydrogen-bond acceptors (Lipinski definition) is 4. The van der Waals surface area contributed by atoms with Crippen molar-refractivity contribution in [1.82, 2.24) is 15.5 Å². The molecule has 2 atom stereocenters. The van der Waals surface area contributed by atoms with Crippen molar-refractivity contribution in [1.29, 1.82) is 0 Å². The molecule has 1 aromatic carbocycles. The number of carbonyl (C=O) groups is 2. The summed E-state index contributed by atoms with van der Waals surface area (Å²) in [6.07, 6.45) is 0. The number of likely N-dealkylation sites (N-methyl/N-ethyl adjacent to an activating group) is 1. The Balaban J connectivity index is 2.03. The lowest BCUT2D eigenvalue weighted by atomic mass is 10.1. The lowest BCUT2D eigenvalue weighted by Crippen LogP contribution is -2.56. The van der Waals surface area contributed by atoms with Gasteiger partial charge in [-0.15, -0.1) is 0 Å². The number of morpholine rings is 1. The van der Waals surface area contributed by atoms with Gasteiger partial charge in [0.1, 0.15) is 12.6 Å². The summed E-state index contributed by atoms with van der Waals surface area (Å²) in [5, 5.41) is 5.92. The zero-order valence-corrected chi connectivity index (χ0v) is 13.0. The van der Waals surface area contributed by atoms with Gasteiger partial charge in [-0.05, 0) is 19.5 Å². The highest BCUT2D eigenvalue weighted by atomic mass is 16.5. The highest BCUT2D eigenvalue weighted by Gasteiger charge is 2.33. The summed E-state index contributed by atoms with van der Waals surface area (Å²) in [6, 6.07) is 9.25. The lowest BCUT2D eigenvalue weighted by molar-refractivity contribution is -0.155. The minimum atomic E-state index is -0.578. The number of benzene rings is 1. The summed E-state index contributed by atoms with van der Waals surface area (Å²) in [4.78, 5) is 26.1. The summed E-state index contributed by atoms with van der Waals surface area (Å²) in [5.41, 5.74) is 0.999. The topological polar surface area (TPSA) is 70.7 Å². The summed E-state index contributed by atoms with van der Waals surface area (Å²) in [7, 11) is 1.84. The molecule has 6 nitrogen and oxygen atoms in total. The molecule has 120 valence electrons. The van der Waals surface area contributed by atoms with Crippen molar-refractivity contribution in [3.05, 3.63) is 35.9 Å². The van der Waals surface area contributed by atoms with E-state index in [-0.39, 0.29) is 31.1 Å². The molecule has 1 aliphatic heterocycles. The van der Waals surface area contributed by atoms with Gasteiger partial charge in [0.05, 0.1) is 6.61 Å². The molecule has 2 amide bonds. The van der Waals surface area contributed by atoms with Gasteiger partial charge in [0.15, 0.2) is 0 Å². The van der Waals surface area contributed by atoms with E-state index in [9.17, 15) is 9.59 Å². The molecule has 22 heavy (non-hydrogen) atoms. The van der Waals surface area contributed by atoms with Crippen molar-refractivity contribution in [2.24, 2.45) is 0 Å². The van der Waals surface area contributed by atoms with Gasteiger partial charge in [-0.25, -0.2) is 0 Å². The number of hydrogen-bond donors (Lipinski definition) is 2. The van der Waals surface area contributed by atoms with Crippen molar-refractivity contribution in [2.75, 3.05) is 26.8 Å². The average molecular weight is 305 g/mol. The molecule has 0 bridgehead atoms. The molecule has 1 heterocycles. The van der Waals surface area contributed by atoms with Crippen molar-refractivity contribution < 1.29 is 14.3 Å². The van der Waals surface area contributed by atoms with E-state index in [4.69, 9.17) is 4.74 Å². The standard InChI is InChI=1S/C16H23N3O3/c1-12(17-2)8-18-16(21)14-10-22-11-15(20)19(14)9-13-6-4-3-5-7-13/h3-7,12,14,17H,8-11H2,1-2H3,(H,18,21)/t12?,14-/m1/s1. The van der Waals surface area contributed by atoms with E-state index in [1.807, 2.05) is 44.3 Å². The van der Waals surface area contributed by atoms with E-state index in [1.165, 1.54) is 0 Å². The Hall–Kier alpha value is -1.92. The molecule has 0 saturated carbocycles. The summed E-state index contributed by atoms with van der Waals surface area (Å²) < 4.78 is 5.25. The smallest absolute Gasteiger partial charge is 0.249 e. The van der Waals surface area contributed by atoms with E-state index in [1.54, 1.807) is 4.90 Å². The molecule has 0 aromatic heterocycles. The first-order chi connectivity index (χ1) is 10.6. The summed E-state index contributed by atoms with van der Waals surface area (Å²) in [5.74, 6) is -0.331. The molecule has 1 saturated heterocycles. The van der Waals surface area contributed by atoms with Crippen LogP contribution in [0.25, 0.3) is 0 Å². The zero-order chi connectivity index (χ0) is 15.9. The van der Waals surface area contributed by atoms with E-state index in [2.05, 4.69) is 10.6 Å². The van der Waals surface area contributed by atoms with Gasteiger partial charge < -0.3 is 20.3 Å². The predicted molar refractivity (Wildman–Crippen MR) is 83.1 cm³/mol. The van der Waals surface area contributed by atoms with E-state index < -0.39 is 6.04 Å². The maximum atomic E-state index is 12.4. The quantitative estimate of drug-likeness (QED) is 0.784. The highest BCUT2D eigenvalue weighted by Crippen LogP contribution is 2.13. The Kier molecular flexibility index (Phi) is 5.91. The first kappa shape index (κ1) is 16.5. The molecule has 2 N–H and O–H groups in total. The van der Waals surface area contributed by atoms with Crippen LogP contribution < -0.4 is 10.6 Å². The van der Waals surface area contributed by atoms with Gasteiger partial charge in [-0.2, -0.15) is 0 Å². The number of nitrogens with one attached hydrogen (secondary N) is 2. The molecule has 0 aliphatic carbocycles. The van der Waals surface area contributed by atoms with Gasteiger partial charge in [-0.3, -0.25) is 9.59 Å². The average Bonchev–Trinajstić information content (AvgIpc) is 2.55. The maximum absolute atomic E-state index is 12.4. The molecular weight excluding hydrogens is 282 g/mol. The third-order valence-corrected chi connectivity index (χ3v) is 3.77. The van der Waals surface area contributed by atoms with Crippen LogP contribution in [-0.2, 0) is 20.9 Å². The molecule has 1 aromatic rings. The van der Waals surface area contributed by atoms with Gasteiger partial charge in [0.25, 0.3) is 0 Å². The van der Waals surface area contributed by atoms with Crippen LogP contribution in [0.1, 0.15) is 12.5 Å². The largest absolute Gasteiger partial charge is 0.369 e. The van der Waals surface area contributed by atoms with E-state index in [0.717, 1.165) is 5.56 Å². The Morgan fingerprint density at radius 1 is 1.41 bits per heavy atom. The van der Waals surface area contributed by atoms with E-state index >= 15 is 0 Å². The highest BCUT2D eigenvalue weighted by molar-refractivity contribution is 5.89. The van der Waals surface area contributed by atoms with Crippen LogP contribution in [0.2, 0.25) is 0 Å². The second-order valence-corrected chi connectivity index (χ2v) is 5.47. The van der Waals surface area contributed by atoms with Crippen LogP contribution in [-0.4, -0.2) is 55.6 Å². The second-order valence-electron chi connectivity index (χ2n) is 5.47. The second kappa shape index (κ2) is 7.91. The normalized spacial score (nSPS) is 19.8. The fourth-order valence-electron chi connectivity index (χ4n) is 2.27. The van der Waals surface area contributed by atoms with Gasteiger partial charge in [0, 0.05) is 19.1 Å².